The first-order valence-corrected chi connectivity index (χ1v) is 8.97. The van der Waals surface area contributed by atoms with Gasteiger partial charge in [0.15, 0.2) is 8.32 Å². The Kier molecular flexibility index (Phi) is 4.18. The molecule has 0 radical (unpaired) electrons. The van der Waals surface area contributed by atoms with Gasteiger partial charge in [0.1, 0.15) is 0 Å². The van der Waals surface area contributed by atoms with Crippen LogP contribution in [0, 0.1) is 0 Å². The van der Waals surface area contributed by atoms with Crippen LogP contribution in [-0.2, 0) is 14.0 Å². The molecular weight excluding hydrogens is 220 g/mol. The number of hydrogen-bond donors (Lipinski definition) is 0. The van der Waals surface area contributed by atoms with Crippen LogP contribution in [0.15, 0.2) is 0 Å². The SMILES string of the molecule is CC(C)(C)[Si](C)(C)OC1CCOC(=O)CC1. The van der Waals surface area contributed by atoms with Crippen molar-refractivity contribution in [3.8, 4) is 0 Å². The molecule has 0 spiro atoms. The van der Waals surface area contributed by atoms with E-state index in [1.54, 1.807) is 0 Å². The fourth-order valence-corrected chi connectivity index (χ4v) is 2.93. The van der Waals surface area contributed by atoms with Crippen LogP contribution in [-0.4, -0.2) is 27.0 Å². The average molecular weight is 244 g/mol. The number of ether oxygens (including phenoxy) is 1. The predicted molar refractivity (Wildman–Crippen MR) is 66.9 cm³/mol. The summed E-state index contributed by atoms with van der Waals surface area (Å²) in [5, 5.41) is 0.226. The third-order valence-electron chi connectivity index (χ3n) is 3.64. The lowest BCUT2D eigenvalue weighted by Gasteiger charge is -2.39. The summed E-state index contributed by atoms with van der Waals surface area (Å²) in [5.41, 5.74) is 0. The van der Waals surface area contributed by atoms with Crippen molar-refractivity contribution in [1.82, 2.24) is 0 Å². The van der Waals surface area contributed by atoms with E-state index in [0.29, 0.717) is 13.0 Å². The third-order valence-corrected chi connectivity index (χ3v) is 8.18. The molecule has 1 fully saturated rings. The van der Waals surface area contributed by atoms with Crippen molar-refractivity contribution in [3.63, 3.8) is 0 Å². The summed E-state index contributed by atoms with van der Waals surface area (Å²) in [7, 11) is -1.70. The molecule has 0 N–H and O–H groups in total. The van der Waals surface area contributed by atoms with Gasteiger partial charge in [-0.2, -0.15) is 0 Å². The highest BCUT2D eigenvalue weighted by Gasteiger charge is 2.39. The Labute approximate surface area is 99.6 Å². The number of carbonyl (C=O) groups is 1. The lowest BCUT2D eigenvalue weighted by molar-refractivity contribution is -0.142. The fourth-order valence-electron chi connectivity index (χ4n) is 1.51. The minimum atomic E-state index is -1.70. The summed E-state index contributed by atoms with van der Waals surface area (Å²) in [4.78, 5) is 11.1. The molecule has 1 heterocycles. The van der Waals surface area contributed by atoms with E-state index in [0.717, 1.165) is 12.8 Å². The second-order valence-electron chi connectivity index (χ2n) is 6.05. The van der Waals surface area contributed by atoms with E-state index in [4.69, 9.17) is 9.16 Å². The molecule has 0 saturated carbocycles. The lowest BCUT2D eigenvalue weighted by atomic mass is 10.2. The van der Waals surface area contributed by atoms with Gasteiger partial charge in [0.05, 0.1) is 6.61 Å². The van der Waals surface area contributed by atoms with E-state index in [-0.39, 0.29) is 17.1 Å². The molecule has 1 saturated heterocycles. The number of carbonyl (C=O) groups excluding carboxylic acids is 1. The maximum Gasteiger partial charge on any atom is 0.305 e. The van der Waals surface area contributed by atoms with Crippen LogP contribution >= 0.6 is 0 Å². The quantitative estimate of drug-likeness (QED) is 0.553. The molecule has 1 atom stereocenters. The molecule has 1 unspecified atom stereocenters. The van der Waals surface area contributed by atoms with Gasteiger partial charge in [-0.15, -0.1) is 0 Å². The number of hydrogen-bond acceptors (Lipinski definition) is 3. The molecule has 0 aromatic carbocycles. The van der Waals surface area contributed by atoms with Gasteiger partial charge in [-0.1, -0.05) is 20.8 Å². The average Bonchev–Trinajstić information content (AvgIpc) is 2.28. The van der Waals surface area contributed by atoms with Gasteiger partial charge in [-0.3, -0.25) is 4.79 Å². The Bertz CT molecular complexity index is 255. The number of cyclic esters (lactones) is 1. The zero-order chi connectivity index (χ0) is 12.4. The maximum atomic E-state index is 11.1. The molecule has 16 heavy (non-hydrogen) atoms. The summed E-state index contributed by atoms with van der Waals surface area (Å²) < 4.78 is 11.3. The molecule has 0 aromatic heterocycles. The third kappa shape index (κ3) is 3.59. The normalized spacial score (nSPS) is 23.8. The molecule has 3 nitrogen and oxygen atoms in total. The van der Waals surface area contributed by atoms with E-state index < -0.39 is 8.32 Å². The summed E-state index contributed by atoms with van der Waals surface area (Å²) >= 11 is 0. The van der Waals surface area contributed by atoms with Crippen molar-refractivity contribution in [2.75, 3.05) is 6.61 Å². The monoisotopic (exact) mass is 244 g/mol. The fraction of sp³-hybridized carbons (Fsp3) is 0.917. The summed E-state index contributed by atoms with van der Waals surface area (Å²) in [6.45, 7) is 11.7. The van der Waals surface area contributed by atoms with Crippen LogP contribution in [0.25, 0.3) is 0 Å². The van der Waals surface area contributed by atoms with Crippen molar-refractivity contribution in [1.29, 1.82) is 0 Å². The smallest absolute Gasteiger partial charge is 0.305 e. The van der Waals surface area contributed by atoms with Crippen LogP contribution in [0.3, 0.4) is 0 Å². The Balaban J connectivity index is 2.56. The topological polar surface area (TPSA) is 35.5 Å². The van der Waals surface area contributed by atoms with Gasteiger partial charge >= 0.3 is 5.97 Å². The van der Waals surface area contributed by atoms with Crippen LogP contribution in [0.5, 0.6) is 0 Å². The molecule has 1 rings (SSSR count). The van der Waals surface area contributed by atoms with Gasteiger partial charge in [-0.05, 0) is 24.6 Å². The van der Waals surface area contributed by atoms with Crippen LogP contribution in [0.4, 0.5) is 0 Å². The van der Waals surface area contributed by atoms with Gasteiger partial charge in [0.25, 0.3) is 0 Å². The minimum Gasteiger partial charge on any atom is -0.466 e. The van der Waals surface area contributed by atoms with E-state index >= 15 is 0 Å². The van der Waals surface area contributed by atoms with E-state index in [9.17, 15) is 4.79 Å². The maximum absolute atomic E-state index is 11.1. The molecule has 0 bridgehead atoms. The van der Waals surface area contributed by atoms with E-state index in [2.05, 4.69) is 33.9 Å². The van der Waals surface area contributed by atoms with Crippen molar-refractivity contribution >= 4 is 14.3 Å². The number of rotatable bonds is 2. The Morgan fingerprint density at radius 1 is 1.31 bits per heavy atom. The first-order chi connectivity index (χ1) is 7.22. The zero-order valence-electron chi connectivity index (χ0n) is 11.1. The second kappa shape index (κ2) is 4.88. The van der Waals surface area contributed by atoms with Crippen molar-refractivity contribution in [2.24, 2.45) is 0 Å². The van der Waals surface area contributed by atoms with Gasteiger partial charge in [0.2, 0.25) is 0 Å². The second-order valence-corrected chi connectivity index (χ2v) is 10.8. The molecule has 0 amide bonds. The van der Waals surface area contributed by atoms with Gasteiger partial charge in [-0.25, -0.2) is 0 Å². The van der Waals surface area contributed by atoms with Crippen LogP contribution in [0.1, 0.15) is 40.0 Å². The summed E-state index contributed by atoms with van der Waals surface area (Å²) in [5.74, 6) is -0.0821. The van der Waals surface area contributed by atoms with Crippen LogP contribution in [0.2, 0.25) is 18.1 Å². The van der Waals surface area contributed by atoms with Gasteiger partial charge in [0, 0.05) is 18.9 Å². The molecular formula is C12H24O3Si. The molecule has 0 aromatic rings. The van der Waals surface area contributed by atoms with Crippen molar-refractivity contribution < 1.29 is 14.0 Å². The zero-order valence-corrected chi connectivity index (χ0v) is 12.1. The Morgan fingerprint density at radius 2 is 1.94 bits per heavy atom. The van der Waals surface area contributed by atoms with Crippen molar-refractivity contribution in [3.05, 3.63) is 0 Å². The Hall–Kier alpha value is -0.353. The molecule has 0 aliphatic carbocycles. The first kappa shape index (κ1) is 13.7. The van der Waals surface area contributed by atoms with Crippen LogP contribution < -0.4 is 0 Å². The van der Waals surface area contributed by atoms with E-state index in [1.807, 2.05) is 0 Å². The lowest BCUT2D eigenvalue weighted by Crippen LogP contribution is -2.44. The van der Waals surface area contributed by atoms with Gasteiger partial charge < -0.3 is 9.16 Å². The largest absolute Gasteiger partial charge is 0.466 e. The van der Waals surface area contributed by atoms with Crippen molar-refractivity contribution in [2.45, 2.75) is 64.3 Å². The number of esters is 1. The Morgan fingerprint density at radius 3 is 2.50 bits per heavy atom. The first-order valence-electron chi connectivity index (χ1n) is 6.06. The highest BCUT2D eigenvalue weighted by Crippen LogP contribution is 2.38. The predicted octanol–water partition coefficient (Wildman–Crippen LogP) is 3.10. The molecule has 1 aliphatic heterocycles. The highest BCUT2D eigenvalue weighted by atomic mass is 28.4. The highest BCUT2D eigenvalue weighted by molar-refractivity contribution is 6.74. The standard InChI is InChI=1S/C12H24O3Si/c1-12(2,3)16(4,5)15-10-6-7-11(13)14-9-8-10/h10H,6-9H2,1-5H3. The summed E-state index contributed by atoms with van der Waals surface area (Å²) in [6, 6.07) is 0. The van der Waals surface area contributed by atoms with E-state index in [1.165, 1.54) is 0 Å². The molecule has 94 valence electrons. The summed E-state index contributed by atoms with van der Waals surface area (Å²) in [6.07, 6.45) is 2.36. The molecule has 4 heteroatoms. The minimum absolute atomic E-state index is 0.0821. The molecule has 1 aliphatic rings.